The number of hydrogen-bond acceptors (Lipinski definition) is 10. The van der Waals surface area contributed by atoms with Gasteiger partial charge in [0.25, 0.3) is 0 Å². The molecule has 8 rings (SSSR count). The average molecular weight is 788 g/mol. The van der Waals surface area contributed by atoms with Gasteiger partial charge < -0.3 is 15.1 Å². The predicted molar refractivity (Wildman–Crippen MR) is 217 cm³/mol. The van der Waals surface area contributed by atoms with Gasteiger partial charge >= 0.3 is 6.03 Å². The molecule has 2 N–H and O–H groups in total. The highest BCUT2D eigenvalue weighted by Crippen LogP contribution is 2.34. The van der Waals surface area contributed by atoms with Gasteiger partial charge in [-0.25, -0.2) is 23.3 Å². The molecule has 0 bridgehead atoms. The summed E-state index contributed by atoms with van der Waals surface area (Å²) in [5.41, 5.74) is 3.27. The summed E-state index contributed by atoms with van der Waals surface area (Å²) in [4.78, 5) is 42.8. The van der Waals surface area contributed by atoms with Crippen molar-refractivity contribution < 1.29 is 13.8 Å². The van der Waals surface area contributed by atoms with Crippen LogP contribution >= 0.6 is 11.6 Å². The SMILES string of the molecule is CC1CN(CC2CCN(c3cccc(S(=O)N4CCC(Nc5ncc(Cl)cn5)CC4)c3)CC2)CC(C)N1c1ccc2c(N3CCC(=O)NC3=O)nn(C)c2c1. The molecule has 4 fully saturated rings. The molecule has 2 aromatic carbocycles. The van der Waals surface area contributed by atoms with Gasteiger partial charge in [0.2, 0.25) is 11.9 Å². The van der Waals surface area contributed by atoms with E-state index in [1.165, 1.54) is 0 Å². The van der Waals surface area contributed by atoms with Crippen LogP contribution in [-0.4, -0.2) is 116 Å². The largest absolute Gasteiger partial charge is 0.371 e. The van der Waals surface area contributed by atoms with Gasteiger partial charge in [-0.05, 0) is 81.8 Å². The van der Waals surface area contributed by atoms with Crippen LogP contribution in [0.5, 0.6) is 0 Å². The molecule has 16 heteroatoms. The lowest BCUT2D eigenvalue weighted by Crippen LogP contribution is -2.58. The summed E-state index contributed by atoms with van der Waals surface area (Å²) in [6.45, 7) is 11.5. The Kier molecular flexibility index (Phi) is 11.0. The van der Waals surface area contributed by atoms with Crippen LogP contribution in [0.25, 0.3) is 10.9 Å². The van der Waals surface area contributed by atoms with Crippen LogP contribution in [-0.2, 0) is 22.8 Å². The van der Waals surface area contributed by atoms with Gasteiger partial charge in [-0.15, -0.1) is 0 Å². The first-order chi connectivity index (χ1) is 26.6. The van der Waals surface area contributed by atoms with Crippen molar-refractivity contribution in [2.75, 3.05) is 72.4 Å². The van der Waals surface area contributed by atoms with Crippen molar-refractivity contribution in [3.63, 3.8) is 0 Å². The first kappa shape index (κ1) is 37.6. The number of nitrogens with zero attached hydrogens (tertiary/aromatic N) is 9. The van der Waals surface area contributed by atoms with Gasteiger partial charge in [0.05, 0.1) is 27.8 Å². The van der Waals surface area contributed by atoms with Crippen LogP contribution in [0.3, 0.4) is 0 Å². The van der Waals surface area contributed by atoms with Crippen LogP contribution in [0, 0.1) is 5.92 Å². The number of piperazine rings is 1. The van der Waals surface area contributed by atoms with E-state index < -0.39 is 17.0 Å². The van der Waals surface area contributed by atoms with E-state index in [9.17, 15) is 13.8 Å². The third-order valence-corrected chi connectivity index (χ3v) is 13.3. The summed E-state index contributed by atoms with van der Waals surface area (Å²) < 4.78 is 17.6. The monoisotopic (exact) mass is 787 g/mol. The van der Waals surface area contributed by atoms with E-state index >= 15 is 0 Å². The molecule has 2 aromatic heterocycles. The van der Waals surface area contributed by atoms with E-state index in [-0.39, 0.29) is 18.4 Å². The molecule has 3 amide bonds. The van der Waals surface area contributed by atoms with Gasteiger partial charge in [-0.3, -0.25) is 24.6 Å². The first-order valence-corrected chi connectivity index (χ1v) is 20.9. The maximum absolute atomic E-state index is 13.7. The Bertz CT molecular complexity index is 2040. The summed E-state index contributed by atoms with van der Waals surface area (Å²) in [5.74, 6) is 1.55. The van der Waals surface area contributed by atoms with E-state index in [0.717, 1.165) is 98.7 Å². The number of carbonyl (C=O) groups is 2. The number of aryl methyl sites for hydroxylation is 1. The van der Waals surface area contributed by atoms with Crippen LogP contribution in [0.4, 0.5) is 27.9 Å². The van der Waals surface area contributed by atoms with E-state index in [0.29, 0.717) is 41.3 Å². The minimum atomic E-state index is -1.21. The summed E-state index contributed by atoms with van der Waals surface area (Å²) in [7, 11) is 0.696. The predicted octanol–water partition coefficient (Wildman–Crippen LogP) is 4.88. The summed E-state index contributed by atoms with van der Waals surface area (Å²) in [5, 5.41) is 11.9. The number of nitrogens with one attached hydrogen (secondary N) is 2. The Hall–Kier alpha value is -4.31. The number of hydrogen-bond donors (Lipinski definition) is 2. The maximum Gasteiger partial charge on any atom is 0.329 e. The lowest BCUT2D eigenvalue weighted by Gasteiger charge is -2.47. The number of amides is 3. The number of imide groups is 1. The van der Waals surface area contributed by atoms with Crippen LogP contribution in [0.2, 0.25) is 5.02 Å². The number of urea groups is 1. The highest BCUT2D eigenvalue weighted by atomic mass is 35.5. The zero-order valence-electron chi connectivity index (χ0n) is 31.7. The topological polar surface area (TPSA) is 135 Å². The molecule has 292 valence electrons. The average Bonchev–Trinajstić information content (AvgIpc) is 3.50. The number of benzene rings is 2. The van der Waals surface area contributed by atoms with Crippen LogP contribution in [0.1, 0.15) is 46.0 Å². The van der Waals surface area contributed by atoms with E-state index in [4.69, 9.17) is 11.6 Å². The van der Waals surface area contributed by atoms with Gasteiger partial charge in [0.1, 0.15) is 11.0 Å². The molecule has 0 spiro atoms. The van der Waals surface area contributed by atoms with Gasteiger partial charge in [0.15, 0.2) is 5.82 Å². The summed E-state index contributed by atoms with van der Waals surface area (Å²) in [6, 6.07) is 15.2. The highest BCUT2D eigenvalue weighted by molar-refractivity contribution is 7.82. The van der Waals surface area contributed by atoms with Crippen molar-refractivity contribution in [3.8, 4) is 0 Å². The quantitative estimate of drug-likeness (QED) is 0.242. The fourth-order valence-corrected chi connectivity index (χ4v) is 10.2. The number of aromatic nitrogens is 4. The second kappa shape index (κ2) is 16.0. The molecule has 4 aromatic rings. The Morgan fingerprint density at radius 3 is 2.35 bits per heavy atom. The number of anilines is 4. The Morgan fingerprint density at radius 1 is 0.909 bits per heavy atom. The molecule has 4 aliphatic rings. The lowest BCUT2D eigenvalue weighted by atomic mass is 9.94. The van der Waals surface area contributed by atoms with E-state index in [1.54, 1.807) is 17.3 Å². The lowest BCUT2D eigenvalue weighted by molar-refractivity contribution is -0.120. The van der Waals surface area contributed by atoms with E-state index in [1.807, 2.05) is 23.9 Å². The number of halogens is 1. The molecule has 6 heterocycles. The maximum atomic E-state index is 13.7. The zero-order chi connectivity index (χ0) is 38.2. The van der Waals surface area contributed by atoms with Crippen molar-refractivity contribution in [2.24, 2.45) is 13.0 Å². The molecule has 14 nitrogen and oxygen atoms in total. The first-order valence-electron chi connectivity index (χ1n) is 19.4. The minimum absolute atomic E-state index is 0.238. The molecular weight excluding hydrogens is 738 g/mol. The Labute approximate surface area is 329 Å². The number of carbonyl (C=O) groups excluding carboxylic acids is 2. The van der Waals surface area contributed by atoms with E-state index in [2.05, 4.69) is 88.9 Å². The van der Waals surface area contributed by atoms with Crippen molar-refractivity contribution in [3.05, 3.63) is 59.9 Å². The highest BCUT2D eigenvalue weighted by Gasteiger charge is 2.33. The third-order valence-electron chi connectivity index (χ3n) is 11.6. The molecule has 3 atom stereocenters. The van der Waals surface area contributed by atoms with Crippen molar-refractivity contribution in [1.82, 2.24) is 34.3 Å². The molecule has 0 aliphatic carbocycles. The van der Waals surface area contributed by atoms with Gasteiger partial charge in [0, 0.05) is 101 Å². The molecule has 0 saturated carbocycles. The minimum Gasteiger partial charge on any atom is -0.371 e. The third kappa shape index (κ3) is 8.16. The number of rotatable bonds is 9. The van der Waals surface area contributed by atoms with Crippen molar-refractivity contribution in [2.45, 2.75) is 69.0 Å². The van der Waals surface area contributed by atoms with Gasteiger partial charge in [-0.1, -0.05) is 17.7 Å². The Balaban J connectivity index is 0.825. The van der Waals surface area contributed by atoms with Crippen LogP contribution < -0.4 is 25.3 Å². The smallest absolute Gasteiger partial charge is 0.329 e. The number of fused-ring (bicyclic) bond motifs is 1. The molecule has 0 radical (unpaired) electrons. The normalized spacial score (nSPS) is 23.0. The van der Waals surface area contributed by atoms with Crippen molar-refractivity contribution in [1.29, 1.82) is 0 Å². The summed E-state index contributed by atoms with van der Waals surface area (Å²) in [6.07, 6.45) is 7.46. The zero-order valence-corrected chi connectivity index (χ0v) is 33.3. The Morgan fingerprint density at radius 2 is 1.64 bits per heavy atom. The van der Waals surface area contributed by atoms with Crippen molar-refractivity contribution >= 4 is 68.6 Å². The molecular formula is C39H50ClN11O3S. The second-order valence-electron chi connectivity index (χ2n) is 15.5. The van der Waals surface area contributed by atoms with Crippen LogP contribution in [0.15, 0.2) is 59.8 Å². The fourth-order valence-electron chi connectivity index (χ4n) is 8.86. The number of piperidine rings is 2. The fraction of sp³-hybridized carbons (Fsp3) is 0.513. The molecule has 4 saturated heterocycles. The molecule has 55 heavy (non-hydrogen) atoms. The summed E-state index contributed by atoms with van der Waals surface area (Å²) >= 11 is 5.92. The second-order valence-corrected chi connectivity index (χ2v) is 17.4. The van der Waals surface area contributed by atoms with Gasteiger partial charge in [-0.2, -0.15) is 5.10 Å². The standard InChI is InChI=1S/C39H50ClN11O3S/c1-26-23-47(24-27(2)51(26)32-7-8-34-35(20-32)46(3)45-37(34)50-18-13-36(52)44-39(50)53)25-28-9-14-48(15-10-28)31-5-4-6-33(19-31)55(54)49-16-11-30(12-17-49)43-38-41-21-29(40)22-42-38/h4-8,19-22,26-28,30H,9-18,23-25H2,1-3H3,(H,41,42,43)(H,44,52,53). The molecule has 3 unspecified atom stereocenters. The molecule has 4 aliphatic heterocycles.